The Balaban J connectivity index is 1.46. The van der Waals surface area contributed by atoms with Crippen molar-refractivity contribution < 1.29 is 17.6 Å². The van der Waals surface area contributed by atoms with Gasteiger partial charge in [0, 0.05) is 32.7 Å². The third-order valence-corrected chi connectivity index (χ3v) is 8.15. The molecule has 1 aliphatic rings. The van der Waals surface area contributed by atoms with E-state index in [0.717, 1.165) is 11.1 Å². The average Bonchev–Trinajstić information content (AvgIpc) is 2.87. The molecule has 1 aliphatic heterocycles. The summed E-state index contributed by atoms with van der Waals surface area (Å²) in [7, 11) is -3.86. The van der Waals surface area contributed by atoms with Crippen LogP contribution in [-0.2, 0) is 21.2 Å². The van der Waals surface area contributed by atoms with Gasteiger partial charge in [0.05, 0.1) is 17.1 Å². The lowest BCUT2D eigenvalue weighted by Crippen LogP contribution is -2.52. The number of rotatable bonds is 8. The molecule has 0 bridgehead atoms. The topological polar surface area (TPSA) is 60.9 Å². The summed E-state index contributed by atoms with van der Waals surface area (Å²) in [6.45, 7) is 3.65. The number of nitrogens with zero attached hydrogens (tertiary/aromatic N) is 3. The van der Waals surface area contributed by atoms with E-state index < -0.39 is 10.0 Å². The third-order valence-electron chi connectivity index (χ3n) is 6.29. The van der Waals surface area contributed by atoms with Crippen LogP contribution in [0.4, 0.5) is 10.1 Å². The van der Waals surface area contributed by atoms with Gasteiger partial charge in [0.15, 0.2) is 0 Å². The first-order valence-corrected chi connectivity index (χ1v) is 13.2. The van der Waals surface area contributed by atoms with Crippen LogP contribution in [0.5, 0.6) is 0 Å². The minimum atomic E-state index is -3.86. The smallest absolute Gasteiger partial charge is 0.243 e. The van der Waals surface area contributed by atoms with E-state index in [1.807, 2.05) is 42.2 Å². The Morgan fingerprint density at radius 3 is 2.17 bits per heavy atom. The molecule has 8 heteroatoms. The number of amides is 1. The molecule has 3 aromatic carbocycles. The number of piperazine rings is 1. The van der Waals surface area contributed by atoms with E-state index >= 15 is 0 Å². The molecule has 1 heterocycles. The molecule has 1 saturated heterocycles. The second-order valence-electron chi connectivity index (χ2n) is 8.71. The normalized spacial score (nSPS) is 14.4. The summed E-state index contributed by atoms with van der Waals surface area (Å²) in [5, 5.41) is 0. The van der Waals surface area contributed by atoms with Gasteiger partial charge in [0.2, 0.25) is 15.9 Å². The summed E-state index contributed by atoms with van der Waals surface area (Å²) in [5.74, 6) is -0.537. The van der Waals surface area contributed by atoms with Crippen molar-refractivity contribution in [2.45, 2.75) is 18.2 Å². The van der Waals surface area contributed by atoms with Gasteiger partial charge in [0.1, 0.15) is 5.82 Å². The Morgan fingerprint density at radius 2 is 1.51 bits per heavy atom. The number of hydrogen-bond donors (Lipinski definition) is 0. The molecule has 35 heavy (non-hydrogen) atoms. The van der Waals surface area contributed by atoms with Gasteiger partial charge < -0.3 is 9.80 Å². The standard InChI is InChI=1S/C27H30FN3O3S/c1-22-11-13-24(14-12-22)35(33,34)31(16-15-23-7-3-2-4-8-23)21-27(32)30-19-17-29(18-20-30)26-10-6-5-9-25(26)28/h2-14H,15-21H2,1H3. The second kappa shape index (κ2) is 11.0. The first-order valence-electron chi connectivity index (χ1n) is 11.7. The van der Waals surface area contributed by atoms with E-state index in [2.05, 4.69) is 0 Å². The first kappa shape index (κ1) is 24.9. The molecule has 0 atom stereocenters. The van der Waals surface area contributed by atoms with Crippen molar-refractivity contribution in [3.05, 3.63) is 95.8 Å². The fraction of sp³-hybridized carbons (Fsp3) is 0.296. The number of anilines is 1. The van der Waals surface area contributed by atoms with Crippen molar-refractivity contribution in [1.82, 2.24) is 9.21 Å². The maximum Gasteiger partial charge on any atom is 0.243 e. The molecule has 0 aliphatic carbocycles. The summed E-state index contributed by atoms with van der Waals surface area (Å²) < 4.78 is 42.3. The maximum atomic E-state index is 14.1. The molecule has 4 rings (SSSR count). The number of halogens is 1. The zero-order chi connectivity index (χ0) is 24.8. The van der Waals surface area contributed by atoms with Gasteiger partial charge >= 0.3 is 0 Å². The van der Waals surface area contributed by atoms with Crippen LogP contribution in [0.25, 0.3) is 0 Å². The molecule has 0 N–H and O–H groups in total. The number of benzene rings is 3. The van der Waals surface area contributed by atoms with Crippen molar-refractivity contribution in [3.63, 3.8) is 0 Å². The summed E-state index contributed by atoms with van der Waals surface area (Å²) in [6, 6.07) is 22.9. The number of sulfonamides is 1. The fourth-order valence-corrected chi connectivity index (χ4v) is 5.59. The quantitative estimate of drug-likeness (QED) is 0.478. The average molecular weight is 496 g/mol. The number of aryl methyl sites for hydroxylation is 1. The monoisotopic (exact) mass is 495 g/mol. The minimum Gasteiger partial charge on any atom is -0.366 e. The fourth-order valence-electron chi connectivity index (χ4n) is 4.20. The zero-order valence-electron chi connectivity index (χ0n) is 19.8. The van der Waals surface area contributed by atoms with E-state index in [1.54, 1.807) is 47.4 Å². The molecule has 184 valence electrons. The summed E-state index contributed by atoms with van der Waals surface area (Å²) in [6.07, 6.45) is 0.500. The van der Waals surface area contributed by atoms with Gasteiger partial charge in [-0.15, -0.1) is 0 Å². The van der Waals surface area contributed by atoms with Crippen molar-refractivity contribution in [2.75, 3.05) is 44.2 Å². The molecular formula is C27H30FN3O3S. The summed E-state index contributed by atoms with van der Waals surface area (Å²) >= 11 is 0. The lowest BCUT2D eigenvalue weighted by Gasteiger charge is -2.37. The highest BCUT2D eigenvalue weighted by Crippen LogP contribution is 2.21. The van der Waals surface area contributed by atoms with Gasteiger partial charge in [-0.1, -0.05) is 60.2 Å². The van der Waals surface area contributed by atoms with Crippen LogP contribution in [0.1, 0.15) is 11.1 Å². The van der Waals surface area contributed by atoms with E-state index in [1.165, 1.54) is 10.4 Å². The van der Waals surface area contributed by atoms with Gasteiger partial charge in [-0.05, 0) is 43.2 Å². The third kappa shape index (κ3) is 6.07. The molecule has 0 spiro atoms. The van der Waals surface area contributed by atoms with Crippen LogP contribution < -0.4 is 4.90 Å². The Hall–Kier alpha value is -3.23. The van der Waals surface area contributed by atoms with E-state index in [9.17, 15) is 17.6 Å². The molecular weight excluding hydrogens is 465 g/mol. The van der Waals surface area contributed by atoms with Crippen LogP contribution >= 0.6 is 0 Å². The van der Waals surface area contributed by atoms with Crippen molar-refractivity contribution >= 4 is 21.6 Å². The summed E-state index contributed by atoms with van der Waals surface area (Å²) in [4.78, 5) is 16.9. The van der Waals surface area contributed by atoms with Crippen LogP contribution in [0.3, 0.4) is 0 Å². The van der Waals surface area contributed by atoms with Crippen LogP contribution in [0.15, 0.2) is 83.8 Å². The second-order valence-corrected chi connectivity index (χ2v) is 10.6. The Kier molecular flexibility index (Phi) is 7.83. The number of para-hydroxylation sites is 1. The molecule has 0 radical (unpaired) electrons. The summed E-state index contributed by atoms with van der Waals surface area (Å²) in [5.41, 5.74) is 2.48. The lowest BCUT2D eigenvalue weighted by molar-refractivity contribution is -0.131. The van der Waals surface area contributed by atoms with Gasteiger partial charge in [0.25, 0.3) is 0 Å². The van der Waals surface area contributed by atoms with Crippen molar-refractivity contribution in [3.8, 4) is 0 Å². The highest BCUT2D eigenvalue weighted by Gasteiger charge is 2.30. The van der Waals surface area contributed by atoms with Gasteiger partial charge in [-0.25, -0.2) is 12.8 Å². The Bertz CT molecular complexity index is 1240. The van der Waals surface area contributed by atoms with Gasteiger partial charge in [-0.2, -0.15) is 4.31 Å². The molecule has 1 fully saturated rings. The number of carbonyl (C=O) groups excluding carboxylic acids is 1. The van der Waals surface area contributed by atoms with Crippen LogP contribution in [0, 0.1) is 12.7 Å². The lowest BCUT2D eigenvalue weighted by atomic mass is 10.1. The molecule has 1 amide bonds. The predicted molar refractivity (Wildman–Crippen MR) is 135 cm³/mol. The number of carbonyl (C=O) groups is 1. The number of hydrogen-bond acceptors (Lipinski definition) is 4. The Morgan fingerprint density at radius 1 is 0.886 bits per heavy atom. The molecule has 6 nitrogen and oxygen atoms in total. The predicted octanol–water partition coefficient (Wildman–Crippen LogP) is 3.72. The SMILES string of the molecule is Cc1ccc(S(=O)(=O)N(CCc2ccccc2)CC(=O)N2CCN(c3ccccc3F)CC2)cc1. The molecule has 0 aromatic heterocycles. The van der Waals surface area contributed by atoms with Crippen LogP contribution in [-0.4, -0.2) is 62.8 Å². The van der Waals surface area contributed by atoms with E-state index in [0.29, 0.717) is 38.3 Å². The van der Waals surface area contributed by atoms with Gasteiger partial charge in [-0.3, -0.25) is 4.79 Å². The van der Waals surface area contributed by atoms with Crippen LogP contribution in [0.2, 0.25) is 0 Å². The van der Waals surface area contributed by atoms with Crippen molar-refractivity contribution in [2.24, 2.45) is 0 Å². The first-order chi connectivity index (χ1) is 16.8. The van der Waals surface area contributed by atoms with E-state index in [-0.39, 0.29) is 29.7 Å². The highest BCUT2D eigenvalue weighted by atomic mass is 32.2. The van der Waals surface area contributed by atoms with Crippen molar-refractivity contribution in [1.29, 1.82) is 0 Å². The molecule has 0 saturated carbocycles. The Labute approximate surface area is 206 Å². The zero-order valence-corrected chi connectivity index (χ0v) is 20.6. The highest BCUT2D eigenvalue weighted by molar-refractivity contribution is 7.89. The molecule has 0 unspecified atom stereocenters. The largest absolute Gasteiger partial charge is 0.366 e. The van der Waals surface area contributed by atoms with E-state index in [4.69, 9.17) is 0 Å². The minimum absolute atomic E-state index is 0.174. The maximum absolute atomic E-state index is 14.1. The molecule has 3 aromatic rings.